The molecule has 0 spiro atoms. The highest BCUT2D eigenvalue weighted by molar-refractivity contribution is 5.97. The second-order valence-electron chi connectivity index (χ2n) is 6.13. The summed E-state index contributed by atoms with van der Waals surface area (Å²) in [5.41, 5.74) is 4.63. The van der Waals surface area contributed by atoms with Crippen molar-refractivity contribution in [2.45, 2.75) is 38.6 Å². The van der Waals surface area contributed by atoms with Gasteiger partial charge in [-0.3, -0.25) is 4.79 Å². The Bertz CT molecular complexity index is 709. The van der Waals surface area contributed by atoms with Crippen LogP contribution in [0.1, 0.15) is 52.9 Å². The minimum absolute atomic E-state index is 0.0281. The van der Waals surface area contributed by atoms with Gasteiger partial charge in [-0.2, -0.15) is 0 Å². The van der Waals surface area contributed by atoms with E-state index in [1.54, 1.807) is 19.2 Å². The smallest absolute Gasteiger partial charge is 0.255 e. The Morgan fingerprint density at radius 2 is 1.83 bits per heavy atom. The number of benzene rings is 2. The van der Waals surface area contributed by atoms with Gasteiger partial charge in [0.1, 0.15) is 5.75 Å². The molecule has 3 rings (SSSR count). The average Bonchev–Trinajstić information content (AvgIpc) is 2.61. The van der Waals surface area contributed by atoms with E-state index in [0.29, 0.717) is 11.3 Å². The lowest BCUT2D eigenvalue weighted by Crippen LogP contribution is -2.27. The minimum atomic E-state index is -0.104. The molecule has 1 amide bonds. The molecule has 0 bridgehead atoms. The van der Waals surface area contributed by atoms with Gasteiger partial charge >= 0.3 is 0 Å². The highest BCUT2D eigenvalue weighted by atomic mass is 16.5. The van der Waals surface area contributed by atoms with E-state index in [1.165, 1.54) is 30.4 Å². The Morgan fingerprint density at radius 3 is 2.61 bits per heavy atom. The molecule has 1 aliphatic rings. The molecule has 2 aromatic carbocycles. The van der Waals surface area contributed by atoms with Gasteiger partial charge in [-0.15, -0.1) is 0 Å². The predicted molar refractivity (Wildman–Crippen MR) is 92.0 cm³/mol. The van der Waals surface area contributed by atoms with Gasteiger partial charge in [0.25, 0.3) is 5.91 Å². The maximum absolute atomic E-state index is 12.5. The van der Waals surface area contributed by atoms with Crippen molar-refractivity contribution in [3.63, 3.8) is 0 Å². The van der Waals surface area contributed by atoms with Gasteiger partial charge in [-0.1, -0.05) is 30.3 Å². The Kier molecular flexibility index (Phi) is 4.65. The van der Waals surface area contributed by atoms with Crippen LogP contribution in [0.25, 0.3) is 0 Å². The van der Waals surface area contributed by atoms with Crippen molar-refractivity contribution in [1.82, 2.24) is 5.32 Å². The van der Waals surface area contributed by atoms with Crippen molar-refractivity contribution in [2.24, 2.45) is 0 Å². The second-order valence-corrected chi connectivity index (χ2v) is 6.13. The summed E-state index contributed by atoms with van der Waals surface area (Å²) in [5.74, 6) is 0.496. The molecule has 0 heterocycles. The van der Waals surface area contributed by atoms with Crippen LogP contribution in [0.15, 0.2) is 42.5 Å². The third-order valence-corrected chi connectivity index (χ3v) is 4.57. The molecule has 0 radical (unpaired) electrons. The Balaban J connectivity index is 1.76. The van der Waals surface area contributed by atoms with Crippen molar-refractivity contribution in [3.05, 3.63) is 64.7 Å². The number of nitrogens with one attached hydrogen (secondary N) is 1. The number of carbonyl (C=O) groups is 1. The molecule has 3 heteroatoms. The zero-order valence-corrected chi connectivity index (χ0v) is 13.8. The lowest BCUT2D eigenvalue weighted by atomic mass is 9.89. The van der Waals surface area contributed by atoms with Crippen molar-refractivity contribution in [1.29, 1.82) is 0 Å². The van der Waals surface area contributed by atoms with E-state index in [1.807, 2.05) is 19.1 Å². The van der Waals surface area contributed by atoms with Gasteiger partial charge in [-0.05, 0) is 61.4 Å². The fraction of sp³-hybridized carbons (Fsp3) is 0.350. The number of rotatable bonds is 4. The van der Waals surface area contributed by atoms with Crippen molar-refractivity contribution < 1.29 is 9.53 Å². The zero-order chi connectivity index (χ0) is 16.2. The molecule has 0 fully saturated rings. The van der Waals surface area contributed by atoms with Gasteiger partial charge in [-0.25, -0.2) is 0 Å². The number of aryl methyl sites for hydroxylation is 2. The van der Waals surface area contributed by atoms with Gasteiger partial charge in [0, 0.05) is 0 Å². The van der Waals surface area contributed by atoms with E-state index in [0.717, 1.165) is 12.0 Å². The lowest BCUT2D eigenvalue weighted by molar-refractivity contribution is 0.0937. The largest absolute Gasteiger partial charge is 0.496 e. The minimum Gasteiger partial charge on any atom is -0.496 e. The fourth-order valence-corrected chi connectivity index (χ4v) is 3.21. The molecule has 1 atom stereocenters. The molecule has 0 aliphatic heterocycles. The summed E-state index contributed by atoms with van der Waals surface area (Å²) in [6.45, 7) is 2.03. The first-order chi connectivity index (χ1) is 11.2. The molecule has 1 aliphatic carbocycles. The van der Waals surface area contributed by atoms with Crippen LogP contribution in [0, 0.1) is 0 Å². The summed E-state index contributed by atoms with van der Waals surface area (Å²) >= 11 is 0. The molecule has 1 N–H and O–H groups in total. The number of hydrogen-bond donors (Lipinski definition) is 1. The standard InChI is InChI=1S/C20H23NO2/c1-14(16-12-11-15-7-3-4-8-17(15)13-16)21-20(22)18-9-5-6-10-19(18)23-2/h5-6,9-14H,3-4,7-8H2,1-2H3,(H,21,22). The van der Waals surface area contributed by atoms with Crippen LogP contribution in [-0.4, -0.2) is 13.0 Å². The number of carbonyl (C=O) groups excluding carboxylic acids is 1. The quantitative estimate of drug-likeness (QED) is 0.924. The van der Waals surface area contributed by atoms with Crippen LogP contribution in [0.5, 0.6) is 5.75 Å². The van der Waals surface area contributed by atoms with Crippen molar-refractivity contribution in [2.75, 3.05) is 7.11 Å². The Labute approximate surface area is 137 Å². The molecular formula is C20H23NO2. The molecule has 0 aromatic heterocycles. The summed E-state index contributed by atoms with van der Waals surface area (Å²) in [6, 6.07) is 13.9. The van der Waals surface area contributed by atoms with Gasteiger partial charge < -0.3 is 10.1 Å². The molecule has 2 aromatic rings. The third kappa shape index (κ3) is 3.39. The average molecular weight is 309 g/mol. The molecular weight excluding hydrogens is 286 g/mol. The van der Waals surface area contributed by atoms with Gasteiger partial charge in [0.2, 0.25) is 0 Å². The van der Waals surface area contributed by atoms with Crippen molar-refractivity contribution in [3.8, 4) is 5.75 Å². The third-order valence-electron chi connectivity index (χ3n) is 4.57. The molecule has 120 valence electrons. The summed E-state index contributed by atoms with van der Waals surface area (Å²) < 4.78 is 5.27. The predicted octanol–water partition coefficient (Wildman–Crippen LogP) is 4.07. The SMILES string of the molecule is COc1ccccc1C(=O)NC(C)c1ccc2c(c1)CCCC2. The number of fused-ring (bicyclic) bond motifs is 1. The monoisotopic (exact) mass is 309 g/mol. The van der Waals surface area contributed by atoms with Crippen LogP contribution < -0.4 is 10.1 Å². The fourth-order valence-electron chi connectivity index (χ4n) is 3.21. The number of para-hydroxylation sites is 1. The maximum atomic E-state index is 12.5. The Morgan fingerprint density at radius 1 is 1.09 bits per heavy atom. The normalized spacial score (nSPS) is 14.7. The van der Waals surface area contributed by atoms with E-state index in [-0.39, 0.29) is 11.9 Å². The molecule has 0 saturated carbocycles. The van der Waals surface area contributed by atoms with Crippen LogP contribution >= 0.6 is 0 Å². The number of hydrogen-bond acceptors (Lipinski definition) is 2. The van der Waals surface area contributed by atoms with Gasteiger partial charge in [0.05, 0.1) is 18.7 Å². The number of methoxy groups -OCH3 is 1. The Hall–Kier alpha value is -2.29. The van der Waals surface area contributed by atoms with E-state index in [2.05, 4.69) is 23.5 Å². The number of ether oxygens (including phenoxy) is 1. The van der Waals surface area contributed by atoms with E-state index in [4.69, 9.17) is 4.74 Å². The molecule has 0 saturated heterocycles. The van der Waals surface area contributed by atoms with Crippen LogP contribution in [0.4, 0.5) is 0 Å². The van der Waals surface area contributed by atoms with Crippen LogP contribution in [-0.2, 0) is 12.8 Å². The van der Waals surface area contributed by atoms with Crippen LogP contribution in [0.2, 0.25) is 0 Å². The summed E-state index contributed by atoms with van der Waals surface area (Å²) in [4.78, 5) is 12.5. The summed E-state index contributed by atoms with van der Waals surface area (Å²) in [6.07, 6.45) is 4.87. The zero-order valence-electron chi connectivity index (χ0n) is 13.8. The highest BCUT2D eigenvalue weighted by Gasteiger charge is 2.17. The first-order valence-corrected chi connectivity index (χ1v) is 8.24. The number of amides is 1. The van der Waals surface area contributed by atoms with E-state index >= 15 is 0 Å². The molecule has 3 nitrogen and oxygen atoms in total. The molecule has 23 heavy (non-hydrogen) atoms. The summed E-state index contributed by atoms with van der Waals surface area (Å²) in [7, 11) is 1.58. The van der Waals surface area contributed by atoms with Gasteiger partial charge in [0.15, 0.2) is 0 Å². The highest BCUT2D eigenvalue weighted by Crippen LogP contribution is 2.25. The first kappa shape index (κ1) is 15.6. The van der Waals surface area contributed by atoms with E-state index < -0.39 is 0 Å². The molecule has 1 unspecified atom stereocenters. The summed E-state index contributed by atoms with van der Waals surface area (Å²) in [5, 5.41) is 3.08. The second kappa shape index (κ2) is 6.86. The van der Waals surface area contributed by atoms with Crippen LogP contribution in [0.3, 0.4) is 0 Å². The maximum Gasteiger partial charge on any atom is 0.255 e. The lowest BCUT2D eigenvalue weighted by Gasteiger charge is -2.20. The first-order valence-electron chi connectivity index (χ1n) is 8.24. The van der Waals surface area contributed by atoms with Crippen molar-refractivity contribution >= 4 is 5.91 Å². The topological polar surface area (TPSA) is 38.3 Å². The van der Waals surface area contributed by atoms with E-state index in [9.17, 15) is 4.79 Å².